The third kappa shape index (κ3) is 5.25. The summed E-state index contributed by atoms with van der Waals surface area (Å²) in [4.78, 5) is 36.7. The molecule has 2 fully saturated rings. The van der Waals surface area contributed by atoms with Gasteiger partial charge in [-0.2, -0.15) is 5.10 Å². The van der Waals surface area contributed by atoms with Crippen LogP contribution in [0.2, 0.25) is 25.7 Å². The highest BCUT2D eigenvalue weighted by atomic mass is 28.3. The molecule has 1 saturated heterocycles. The lowest BCUT2D eigenvalue weighted by Crippen LogP contribution is -2.45. The molecule has 42 heavy (non-hydrogen) atoms. The number of carbonyl (C=O) groups excluding carboxylic acids is 2. The molecule has 10 nitrogen and oxygen atoms in total. The molecule has 2 aliphatic carbocycles. The predicted molar refractivity (Wildman–Crippen MR) is 165 cm³/mol. The molecule has 0 radical (unpaired) electrons. The first kappa shape index (κ1) is 28.9. The molecule has 1 saturated carbocycles. The third-order valence-electron chi connectivity index (χ3n) is 9.87. The smallest absolute Gasteiger partial charge is 0.410 e. The number of benzene rings is 1. The molecule has 11 heteroatoms. The van der Waals surface area contributed by atoms with E-state index in [0.29, 0.717) is 37.1 Å². The predicted octanol–water partition coefficient (Wildman–Crippen LogP) is 5.22. The van der Waals surface area contributed by atoms with Gasteiger partial charge in [0.25, 0.3) is 0 Å². The Morgan fingerprint density at radius 3 is 2.83 bits per heavy atom. The lowest BCUT2D eigenvalue weighted by Gasteiger charge is -2.28. The van der Waals surface area contributed by atoms with Crippen LogP contribution < -0.4 is 4.90 Å². The molecule has 3 aromatic rings. The number of anilines is 1. The maximum Gasteiger partial charge on any atom is 0.410 e. The average molecular weight is 593 g/mol. The van der Waals surface area contributed by atoms with Crippen molar-refractivity contribution in [2.75, 3.05) is 38.3 Å². The van der Waals surface area contributed by atoms with Crippen molar-refractivity contribution in [2.45, 2.75) is 72.4 Å². The summed E-state index contributed by atoms with van der Waals surface area (Å²) in [5.74, 6) is 1.94. The van der Waals surface area contributed by atoms with Crippen LogP contribution >= 0.6 is 0 Å². The second kappa shape index (κ2) is 10.5. The van der Waals surface area contributed by atoms with Gasteiger partial charge in [0.05, 0.1) is 17.6 Å². The number of aromatic amines is 1. The maximum atomic E-state index is 13.1. The van der Waals surface area contributed by atoms with Gasteiger partial charge in [0.1, 0.15) is 19.0 Å². The molecule has 2 aromatic heterocycles. The van der Waals surface area contributed by atoms with Crippen molar-refractivity contribution < 1.29 is 19.1 Å². The highest BCUT2D eigenvalue weighted by molar-refractivity contribution is 6.76. The van der Waals surface area contributed by atoms with Crippen molar-refractivity contribution in [1.29, 1.82) is 0 Å². The van der Waals surface area contributed by atoms with Crippen LogP contribution in [0.15, 0.2) is 12.1 Å². The molecule has 1 aromatic carbocycles. The Bertz CT molecular complexity index is 1540. The number of amides is 2. The summed E-state index contributed by atoms with van der Waals surface area (Å²) >= 11 is 0. The Hall–Kier alpha value is -3.18. The Kier molecular flexibility index (Phi) is 7.24. The summed E-state index contributed by atoms with van der Waals surface area (Å²) in [5, 5.41) is 5.08. The molecule has 2 amide bonds. The van der Waals surface area contributed by atoms with Crippen LogP contribution in [0.1, 0.15) is 37.1 Å². The first-order chi connectivity index (χ1) is 19.9. The van der Waals surface area contributed by atoms with E-state index in [2.05, 4.69) is 43.2 Å². The number of aromatic nitrogens is 4. The average Bonchev–Trinajstić information content (AvgIpc) is 3.22. The molecule has 1 aliphatic heterocycles. The number of carbonyl (C=O) groups is 2. The van der Waals surface area contributed by atoms with E-state index < -0.39 is 14.2 Å². The van der Waals surface area contributed by atoms with E-state index in [9.17, 15) is 9.59 Å². The molecular weight excluding hydrogens is 548 g/mol. The number of likely N-dealkylation sites (N-methyl/N-ethyl adjacent to an activating group) is 1. The zero-order valence-electron chi connectivity index (χ0n) is 26.0. The SMILES string of the molecule is Cc1cc2[nH]c(-c3nn(COCC[Si](C)(C)C)c4c3C[C@@H]3[C@H](C)[C@]3(C)C4)nc2cc1N(C)C(=O)CN1CCCOC1=O. The van der Waals surface area contributed by atoms with Gasteiger partial charge < -0.3 is 19.4 Å². The van der Waals surface area contributed by atoms with Gasteiger partial charge in [-0.3, -0.25) is 9.69 Å². The Morgan fingerprint density at radius 1 is 1.31 bits per heavy atom. The molecule has 0 spiro atoms. The zero-order valence-corrected chi connectivity index (χ0v) is 27.0. The molecule has 3 heterocycles. The van der Waals surface area contributed by atoms with Gasteiger partial charge in [0, 0.05) is 45.2 Å². The van der Waals surface area contributed by atoms with Crippen LogP contribution in [-0.4, -0.2) is 78.1 Å². The molecule has 226 valence electrons. The normalized spacial score (nSPS) is 23.5. The number of aryl methyl sites for hydroxylation is 1. The van der Waals surface area contributed by atoms with E-state index in [0.717, 1.165) is 65.7 Å². The van der Waals surface area contributed by atoms with E-state index in [-0.39, 0.29) is 12.5 Å². The van der Waals surface area contributed by atoms with Gasteiger partial charge >= 0.3 is 6.09 Å². The van der Waals surface area contributed by atoms with Crippen LogP contribution in [-0.2, 0) is 33.8 Å². The molecule has 6 rings (SSSR count). The molecule has 0 bridgehead atoms. The quantitative estimate of drug-likeness (QED) is 0.270. The largest absolute Gasteiger partial charge is 0.449 e. The molecule has 0 unspecified atom stereocenters. The van der Waals surface area contributed by atoms with Crippen molar-refractivity contribution in [3.8, 4) is 11.5 Å². The summed E-state index contributed by atoms with van der Waals surface area (Å²) in [6.45, 7) is 16.0. The monoisotopic (exact) mass is 592 g/mol. The van der Waals surface area contributed by atoms with Crippen molar-refractivity contribution >= 4 is 36.8 Å². The fourth-order valence-corrected chi connectivity index (χ4v) is 7.49. The van der Waals surface area contributed by atoms with Crippen molar-refractivity contribution in [3.05, 3.63) is 29.0 Å². The molecule has 3 aliphatic rings. The van der Waals surface area contributed by atoms with Gasteiger partial charge in [-0.1, -0.05) is 33.5 Å². The standard InChI is InChI=1S/C31H44N6O4Si/c1-19-13-23-24(15-25(19)35(4)27(38)17-36-9-8-10-41-30(36)39)33-29(32-23)28-21-14-22-20(2)31(22,3)16-26(21)37(34-28)18-40-11-12-42(5,6)7/h13,15,20,22H,8-12,14,16-18H2,1-7H3,(H,32,33)/t20-,22+,31-/m0/s1. The number of hydrogen-bond donors (Lipinski definition) is 1. The number of rotatable bonds is 9. The lowest BCUT2D eigenvalue weighted by atomic mass is 9.87. The minimum absolute atomic E-state index is 0.0132. The van der Waals surface area contributed by atoms with Crippen LogP contribution in [0.25, 0.3) is 22.6 Å². The Labute approximate surface area is 248 Å². The Morgan fingerprint density at radius 2 is 2.10 bits per heavy atom. The van der Waals surface area contributed by atoms with Gasteiger partial charge in [-0.25, -0.2) is 14.5 Å². The molecular formula is C31H44N6O4Si. The summed E-state index contributed by atoms with van der Waals surface area (Å²) in [6.07, 6.45) is 2.32. The molecule has 1 N–H and O–H groups in total. The van der Waals surface area contributed by atoms with E-state index in [1.807, 2.05) is 19.1 Å². The number of nitrogens with zero attached hydrogens (tertiary/aromatic N) is 5. The number of H-pyrrole nitrogens is 1. The van der Waals surface area contributed by atoms with Crippen LogP contribution in [0.3, 0.4) is 0 Å². The highest BCUT2D eigenvalue weighted by Gasteiger charge is 2.60. The van der Waals surface area contributed by atoms with E-state index in [4.69, 9.17) is 19.6 Å². The molecule has 3 atom stereocenters. The van der Waals surface area contributed by atoms with Gasteiger partial charge in [0.2, 0.25) is 5.91 Å². The number of hydrogen-bond acceptors (Lipinski definition) is 6. The van der Waals surface area contributed by atoms with Crippen molar-refractivity contribution in [2.24, 2.45) is 17.3 Å². The van der Waals surface area contributed by atoms with Crippen LogP contribution in [0.5, 0.6) is 0 Å². The lowest BCUT2D eigenvalue weighted by molar-refractivity contribution is -0.119. The number of ether oxygens (including phenoxy) is 2. The van der Waals surface area contributed by atoms with Gasteiger partial charge in [0.15, 0.2) is 5.82 Å². The topological polar surface area (TPSA) is 106 Å². The Balaban J connectivity index is 1.27. The van der Waals surface area contributed by atoms with Crippen molar-refractivity contribution in [3.63, 3.8) is 0 Å². The maximum absolute atomic E-state index is 13.1. The summed E-state index contributed by atoms with van der Waals surface area (Å²) < 4.78 is 13.3. The van der Waals surface area contributed by atoms with Crippen LogP contribution in [0.4, 0.5) is 10.5 Å². The first-order valence-corrected chi connectivity index (χ1v) is 18.9. The minimum Gasteiger partial charge on any atom is -0.449 e. The number of nitrogens with one attached hydrogen (secondary N) is 1. The number of imidazole rings is 1. The van der Waals surface area contributed by atoms with Gasteiger partial charge in [-0.15, -0.1) is 0 Å². The minimum atomic E-state index is -1.17. The second-order valence-electron chi connectivity index (χ2n) is 14.0. The van der Waals surface area contributed by atoms with Gasteiger partial charge in [-0.05, 0) is 67.2 Å². The fourth-order valence-electron chi connectivity index (χ4n) is 6.74. The van der Waals surface area contributed by atoms with E-state index in [1.54, 1.807) is 11.9 Å². The fraction of sp³-hybridized carbons (Fsp3) is 0.613. The summed E-state index contributed by atoms with van der Waals surface area (Å²) in [5.41, 5.74) is 7.19. The second-order valence-corrected chi connectivity index (χ2v) is 19.6. The van der Waals surface area contributed by atoms with Crippen LogP contribution in [0, 0.1) is 24.2 Å². The van der Waals surface area contributed by atoms with E-state index >= 15 is 0 Å². The highest BCUT2D eigenvalue weighted by Crippen LogP contribution is 2.64. The third-order valence-corrected chi connectivity index (χ3v) is 11.6. The first-order valence-electron chi connectivity index (χ1n) is 15.2. The summed E-state index contributed by atoms with van der Waals surface area (Å²) in [6, 6.07) is 5.10. The summed E-state index contributed by atoms with van der Waals surface area (Å²) in [7, 11) is 0.571. The zero-order chi connectivity index (χ0) is 30.0. The number of cyclic esters (lactones) is 1. The van der Waals surface area contributed by atoms with Crippen molar-refractivity contribution in [1.82, 2.24) is 24.6 Å². The number of fused-ring (bicyclic) bond motifs is 3. The van der Waals surface area contributed by atoms with E-state index in [1.165, 1.54) is 16.2 Å².